The van der Waals surface area contributed by atoms with Crippen molar-refractivity contribution in [2.45, 2.75) is 71.6 Å². The van der Waals surface area contributed by atoms with Crippen LogP contribution in [0, 0.1) is 35.5 Å². The number of unbranched alkanes of at least 4 members (excludes halogenated alkanes) is 1. The minimum Gasteiger partial charge on any atom is -0.481 e. The predicted molar refractivity (Wildman–Crippen MR) is 99.5 cm³/mol. The lowest BCUT2D eigenvalue weighted by Gasteiger charge is -2.14. The molecule has 0 radical (unpaired) electrons. The Bertz CT molecular complexity index is 532. The Balaban J connectivity index is 1.76. The molecule has 2 rings (SSSR count). The van der Waals surface area contributed by atoms with Gasteiger partial charge in [0.2, 0.25) is 0 Å². The number of carboxylic acids is 1. The molecule has 2 fully saturated rings. The molecule has 2 nitrogen and oxygen atoms in total. The number of hydrogen-bond acceptors (Lipinski definition) is 1. The van der Waals surface area contributed by atoms with Crippen LogP contribution < -0.4 is 0 Å². The largest absolute Gasteiger partial charge is 0.481 e. The third-order valence-electron chi connectivity index (χ3n) is 5.63. The standard InChI is InChI=1S/C22H32O2/c1-3-4-8-17(2)9-7-11-19-13-14-20-15-18(16-21(19)20)10-5-6-12-22(23)24/h7,10-11,17,19-21H,5-6,8-9,12-16H2,1-2H3,(H,23,24)/b11-7+,18-10+. The second-order valence-electron chi connectivity index (χ2n) is 7.62. The highest BCUT2D eigenvalue weighted by molar-refractivity contribution is 5.66. The van der Waals surface area contributed by atoms with E-state index in [1.54, 1.807) is 5.57 Å². The molecular formula is C22H32O2. The molecule has 1 N–H and O–H groups in total. The van der Waals surface area contributed by atoms with E-state index in [0.717, 1.165) is 43.4 Å². The summed E-state index contributed by atoms with van der Waals surface area (Å²) in [4.78, 5) is 10.6. The average molecular weight is 328 g/mol. The second-order valence-corrected chi connectivity index (χ2v) is 7.62. The van der Waals surface area contributed by atoms with Crippen LogP contribution in [0.3, 0.4) is 0 Å². The number of carbonyl (C=O) groups is 1. The zero-order valence-electron chi connectivity index (χ0n) is 15.3. The SMILES string of the molecule is CC#CCC(C)C/C=C/C1CCC2C/C(=C\CCCC(=O)O)CC12. The van der Waals surface area contributed by atoms with Gasteiger partial charge in [-0.1, -0.05) is 30.7 Å². The van der Waals surface area contributed by atoms with Gasteiger partial charge in [-0.3, -0.25) is 4.79 Å². The Labute approximate surface area is 147 Å². The number of carboxylic acid groups (broad SMARTS) is 1. The molecule has 132 valence electrons. The summed E-state index contributed by atoms with van der Waals surface area (Å²) >= 11 is 0. The zero-order valence-corrected chi connectivity index (χ0v) is 15.3. The quantitative estimate of drug-likeness (QED) is 0.358. The number of rotatable bonds is 8. The van der Waals surface area contributed by atoms with Crippen LogP contribution >= 0.6 is 0 Å². The van der Waals surface area contributed by atoms with Crippen LogP contribution in [0.5, 0.6) is 0 Å². The molecule has 2 aliphatic rings. The van der Waals surface area contributed by atoms with Crippen molar-refractivity contribution in [3.63, 3.8) is 0 Å². The van der Waals surface area contributed by atoms with Gasteiger partial charge in [0, 0.05) is 12.8 Å². The Morgan fingerprint density at radius 3 is 2.96 bits per heavy atom. The molecule has 2 heteroatoms. The lowest BCUT2D eigenvalue weighted by atomic mass is 9.91. The Hall–Kier alpha value is -1.49. The van der Waals surface area contributed by atoms with Crippen LogP contribution in [0.25, 0.3) is 0 Å². The van der Waals surface area contributed by atoms with Crippen molar-refractivity contribution in [3.05, 3.63) is 23.8 Å². The Kier molecular flexibility index (Phi) is 7.63. The molecule has 0 saturated heterocycles. The van der Waals surface area contributed by atoms with Crippen molar-refractivity contribution >= 4 is 5.97 Å². The first kappa shape index (κ1) is 18.8. The third-order valence-corrected chi connectivity index (χ3v) is 5.63. The van der Waals surface area contributed by atoms with Crippen molar-refractivity contribution in [1.29, 1.82) is 0 Å². The summed E-state index contributed by atoms with van der Waals surface area (Å²) in [5, 5.41) is 8.70. The normalized spacial score (nSPS) is 28.8. The van der Waals surface area contributed by atoms with E-state index in [0.29, 0.717) is 12.3 Å². The zero-order chi connectivity index (χ0) is 17.4. The first-order chi connectivity index (χ1) is 11.6. The van der Waals surface area contributed by atoms with Gasteiger partial charge in [-0.15, -0.1) is 11.8 Å². The van der Waals surface area contributed by atoms with E-state index in [4.69, 9.17) is 5.11 Å². The molecule has 0 aliphatic heterocycles. The summed E-state index contributed by atoms with van der Waals surface area (Å²) in [6.45, 7) is 4.19. The first-order valence-corrected chi connectivity index (χ1v) is 9.56. The van der Waals surface area contributed by atoms with Gasteiger partial charge >= 0.3 is 5.97 Å². The molecule has 0 aromatic carbocycles. The lowest BCUT2D eigenvalue weighted by molar-refractivity contribution is -0.137. The minimum absolute atomic E-state index is 0.294. The smallest absolute Gasteiger partial charge is 0.303 e. The fourth-order valence-corrected chi connectivity index (χ4v) is 4.29. The van der Waals surface area contributed by atoms with E-state index in [2.05, 4.69) is 37.0 Å². The lowest BCUT2D eigenvalue weighted by Crippen LogP contribution is -2.06. The molecule has 0 bridgehead atoms. The molecule has 0 heterocycles. The maximum Gasteiger partial charge on any atom is 0.303 e. The second kappa shape index (κ2) is 9.72. The summed E-state index contributed by atoms with van der Waals surface area (Å²) in [6, 6.07) is 0. The average Bonchev–Trinajstić information content (AvgIpc) is 3.10. The highest BCUT2D eigenvalue weighted by Crippen LogP contribution is 2.50. The predicted octanol–water partition coefficient (Wildman–Crippen LogP) is 5.60. The fraction of sp³-hybridized carbons (Fsp3) is 0.682. The molecular weight excluding hydrogens is 296 g/mol. The van der Waals surface area contributed by atoms with E-state index in [1.165, 1.54) is 25.7 Å². The highest BCUT2D eigenvalue weighted by atomic mass is 16.4. The molecule has 0 amide bonds. The van der Waals surface area contributed by atoms with E-state index in [9.17, 15) is 4.79 Å². The monoisotopic (exact) mass is 328 g/mol. The van der Waals surface area contributed by atoms with Gasteiger partial charge in [0.1, 0.15) is 0 Å². The van der Waals surface area contributed by atoms with Crippen LogP contribution in [0.1, 0.15) is 71.6 Å². The van der Waals surface area contributed by atoms with E-state index in [1.807, 2.05) is 6.92 Å². The summed E-state index contributed by atoms with van der Waals surface area (Å²) in [5.74, 6) is 8.58. The molecule has 2 saturated carbocycles. The number of allylic oxidation sites excluding steroid dienone is 4. The summed E-state index contributed by atoms with van der Waals surface area (Å²) in [6.07, 6.45) is 16.5. The Morgan fingerprint density at radius 2 is 2.21 bits per heavy atom. The number of hydrogen-bond donors (Lipinski definition) is 1. The van der Waals surface area contributed by atoms with Gasteiger partial charge in [0.15, 0.2) is 0 Å². The topological polar surface area (TPSA) is 37.3 Å². The fourth-order valence-electron chi connectivity index (χ4n) is 4.29. The molecule has 4 unspecified atom stereocenters. The van der Waals surface area contributed by atoms with Gasteiger partial charge in [0.25, 0.3) is 0 Å². The van der Waals surface area contributed by atoms with Crippen molar-refractivity contribution in [3.8, 4) is 11.8 Å². The van der Waals surface area contributed by atoms with Crippen molar-refractivity contribution in [2.75, 3.05) is 0 Å². The van der Waals surface area contributed by atoms with Crippen LogP contribution in [0.15, 0.2) is 23.8 Å². The summed E-state index contributed by atoms with van der Waals surface area (Å²) in [7, 11) is 0. The molecule has 4 atom stereocenters. The van der Waals surface area contributed by atoms with E-state index in [-0.39, 0.29) is 0 Å². The third kappa shape index (κ3) is 5.86. The van der Waals surface area contributed by atoms with Gasteiger partial charge in [0.05, 0.1) is 0 Å². The van der Waals surface area contributed by atoms with Gasteiger partial charge < -0.3 is 5.11 Å². The molecule has 2 aliphatic carbocycles. The van der Waals surface area contributed by atoms with Crippen LogP contribution in [-0.4, -0.2) is 11.1 Å². The van der Waals surface area contributed by atoms with Gasteiger partial charge in [-0.2, -0.15) is 0 Å². The van der Waals surface area contributed by atoms with E-state index < -0.39 is 5.97 Å². The molecule has 24 heavy (non-hydrogen) atoms. The summed E-state index contributed by atoms with van der Waals surface area (Å²) in [5.41, 5.74) is 1.58. The van der Waals surface area contributed by atoms with Gasteiger partial charge in [-0.25, -0.2) is 0 Å². The van der Waals surface area contributed by atoms with Crippen molar-refractivity contribution < 1.29 is 9.90 Å². The highest BCUT2D eigenvalue weighted by Gasteiger charge is 2.39. The van der Waals surface area contributed by atoms with Gasteiger partial charge in [-0.05, 0) is 75.5 Å². The van der Waals surface area contributed by atoms with Crippen molar-refractivity contribution in [2.24, 2.45) is 23.7 Å². The van der Waals surface area contributed by atoms with Crippen molar-refractivity contribution in [1.82, 2.24) is 0 Å². The van der Waals surface area contributed by atoms with Crippen LogP contribution in [0.4, 0.5) is 0 Å². The molecule has 0 spiro atoms. The number of aliphatic carboxylic acids is 1. The maximum atomic E-state index is 10.6. The minimum atomic E-state index is -0.680. The van der Waals surface area contributed by atoms with Crippen LogP contribution in [0.2, 0.25) is 0 Å². The molecule has 0 aromatic heterocycles. The van der Waals surface area contributed by atoms with Crippen LogP contribution in [-0.2, 0) is 4.79 Å². The number of fused-ring (bicyclic) bond motifs is 1. The molecule has 0 aromatic rings. The van der Waals surface area contributed by atoms with E-state index >= 15 is 0 Å². The maximum absolute atomic E-state index is 10.6. The first-order valence-electron chi connectivity index (χ1n) is 9.56. The summed E-state index contributed by atoms with van der Waals surface area (Å²) < 4.78 is 0. The Morgan fingerprint density at radius 1 is 1.38 bits per heavy atom.